The van der Waals surface area contributed by atoms with E-state index < -0.39 is 22.0 Å². The summed E-state index contributed by atoms with van der Waals surface area (Å²) in [6.07, 6.45) is 2.62. The normalized spacial score (nSPS) is 17.5. The number of rotatable bonds is 6. The van der Waals surface area contributed by atoms with Crippen LogP contribution in [0.25, 0.3) is 0 Å². The average molecular weight is 522 g/mol. The Labute approximate surface area is 217 Å². The second-order valence-corrected chi connectivity index (χ2v) is 11.2. The van der Waals surface area contributed by atoms with E-state index in [2.05, 4.69) is 10.2 Å². The first-order valence-electron chi connectivity index (χ1n) is 12.4. The maximum absolute atomic E-state index is 13.7. The topological polar surface area (TPSA) is 88.2 Å². The van der Waals surface area contributed by atoms with Gasteiger partial charge in [-0.15, -0.1) is 0 Å². The molecule has 37 heavy (non-hydrogen) atoms. The highest BCUT2D eigenvalue weighted by molar-refractivity contribution is 7.92. The second kappa shape index (κ2) is 10.3. The molecule has 1 saturated heterocycles. The van der Waals surface area contributed by atoms with Gasteiger partial charge >= 0.3 is 0 Å². The lowest BCUT2D eigenvalue weighted by molar-refractivity contribution is -0.122. The van der Waals surface area contributed by atoms with Crippen molar-refractivity contribution in [1.82, 2.24) is 0 Å². The SMILES string of the molecule is COc1ccc(S(=O)(=O)N2C[C@@H](C(=O)Nc3ccc(N4CCCCC4)cc3)Oc3ccc(C)cc32)cc1. The number of amides is 1. The van der Waals surface area contributed by atoms with Crippen LogP contribution in [-0.2, 0) is 14.8 Å². The second-order valence-electron chi connectivity index (χ2n) is 9.37. The number of fused-ring (bicyclic) bond motifs is 1. The fourth-order valence-corrected chi connectivity index (χ4v) is 6.20. The minimum atomic E-state index is -3.96. The molecule has 0 aromatic heterocycles. The fourth-order valence-electron chi connectivity index (χ4n) is 4.73. The highest BCUT2D eigenvalue weighted by Gasteiger charge is 2.37. The number of sulfonamides is 1. The Hall–Kier alpha value is -3.72. The van der Waals surface area contributed by atoms with Gasteiger partial charge in [-0.2, -0.15) is 0 Å². The number of carbonyl (C=O) groups is 1. The van der Waals surface area contributed by atoms with Gasteiger partial charge in [0.2, 0.25) is 0 Å². The third kappa shape index (κ3) is 5.22. The van der Waals surface area contributed by atoms with E-state index >= 15 is 0 Å². The molecule has 1 N–H and O–H groups in total. The number of anilines is 3. The third-order valence-electron chi connectivity index (χ3n) is 6.78. The molecule has 9 heteroatoms. The molecule has 0 saturated carbocycles. The van der Waals surface area contributed by atoms with Gasteiger partial charge in [0.25, 0.3) is 15.9 Å². The van der Waals surface area contributed by atoms with Crippen LogP contribution >= 0.6 is 0 Å². The van der Waals surface area contributed by atoms with Gasteiger partial charge in [0.05, 0.1) is 24.2 Å². The minimum Gasteiger partial charge on any atom is -0.497 e. The summed E-state index contributed by atoms with van der Waals surface area (Å²) in [7, 11) is -2.44. The van der Waals surface area contributed by atoms with Crippen molar-refractivity contribution in [3.63, 3.8) is 0 Å². The van der Waals surface area contributed by atoms with Gasteiger partial charge in [-0.1, -0.05) is 6.07 Å². The van der Waals surface area contributed by atoms with E-state index in [9.17, 15) is 13.2 Å². The summed E-state index contributed by atoms with van der Waals surface area (Å²) in [5.41, 5.74) is 3.06. The molecular weight excluding hydrogens is 490 g/mol. The summed E-state index contributed by atoms with van der Waals surface area (Å²) in [5, 5.41) is 2.89. The van der Waals surface area contributed by atoms with Crippen LogP contribution in [0.4, 0.5) is 17.1 Å². The summed E-state index contributed by atoms with van der Waals surface area (Å²) in [6.45, 7) is 3.81. The van der Waals surface area contributed by atoms with Crippen LogP contribution in [0.5, 0.6) is 11.5 Å². The zero-order valence-electron chi connectivity index (χ0n) is 21.0. The number of ether oxygens (including phenoxy) is 2. The number of nitrogens with one attached hydrogen (secondary N) is 1. The summed E-state index contributed by atoms with van der Waals surface area (Å²) in [5.74, 6) is 0.488. The van der Waals surface area contributed by atoms with Gasteiger partial charge < -0.3 is 19.7 Å². The van der Waals surface area contributed by atoms with Crippen molar-refractivity contribution in [2.75, 3.05) is 41.3 Å². The molecule has 3 aromatic carbocycles. The van der Waals surface area contributed by atoms with Crippen molar-refractivity contribution < 1.29 is 22.7 Å². The lowest BCUT2D eigenvalue weighted by Crippen LogP contribution is -2.48. The number of carbonyl (C=O) groups excluding carboxylic acids is 1. The van der Waals surface area contributed by atoms with Crippen LogP contribution in [0.2, 0.25) is 0 Å². The maximum atomic E-state index is 13.7. The predicted molar refractivity (Wildman–Crippen MR) is 144 cm³/mol. The molecule has 0 bridgehead atoms. The molecule has 8 nitrogen and oxygen atoms in total. The summed E-state index contributed by atoms with van der Waals surface area (Å²) >= 11 is 0. The first kappa shape index (κ1) is 25.0. The molecule has 0 radical (unpaired) electrons. The van der Waals surface area contributed by atoms with Crippen LogP contribution in [0.1, 0.15) is 24.8 Å². The van der Waals surface area contributed by atoms with Gasteiger partial charge in [0, 0.05) is 24.5 Å². The largest absolute Gasteiger partial charge is 0.497 e. The standard InChI is InChI=1S/C28H31N3O5S/c1-20-6-15-26-25(18-20)31(37(33,34)24-13-11-23(35-2)12-14-24)19-27(36-26)28(32)29-21-7-9-22(10-8-21)30-16-4-3-5-17-30/h6-15,18,27H,3-5,16-17,19H2,1-2H3,(H,29,32)/t27-/m0/s1. The number of nitrogens with zero attached hydrogens (tertiary/aromatic N) is 2. The van der Waals surface area contributed by atoms with Gasteiger partial charge in [-0.25, -0.2) is 8.42 Å². The summed E-state index contributed by atoms with van der Waals surface area (Å²) in [4.78, 5) is 15.7. The fraction of sp³-hybridized carbons (Fsp3) is 0.321. The van der Waals surface area contributed by atoms with Crippen LogP contribution in [0.15, 0.2) is 71.6 Å². The number of hydrogen-bond donors (Lipinski definition) is 1. The van der Waals surface area contributed by atoms with Crippen molar-refractivity contribution >= 4 is 33.0 Å². The molecule has 1 amide bonds. The van der Waals surface area contributed by atoms with Crippen LogP contribution in [0.3, 0.4) is 0 Å². The molecule has 1 fully saturated rings. The lowest BCUT2D eigenvalue weighted by Gasteiger charge is -2.35. The first-order chi connectivity index (χ1) is 17.8. The Morgan fingerprint density at radius 1 is 0.973 bits per heavy atom. The Morgan fingerprint density at radius 2 is 1.68 bits per heavy atom. The molecule has 2 aliphatic rings. The third-order valence-corrected chi connectivity index (χ3v) is 8.57. The maximum Gasteiger partial charge on any atom is 0.267 e. The summed E-state index contributed by atoms with van der Waals surface area (Å²) in [6, 6.07) is 19.2. The number of benzene rings is 3. The predicted octanol–water partition coefficient (Wildman–Crippen LogP) is 4.59. The number of methoxy groups -OCH3 is 1. The molecule has 2 heterocycles. The Morgan fingerprint density at radius 3 is 2.35 bits per heavy atom. The van der Waals surface area contributed by atoms with Crippen molar-refractivity contribution in [2.45, 2.75) is 37.2 Å². The van der Waals surface area contributed by atoms with Crippen molar-refractivity contribution in [3.05, 3.63) is 72.3 Å². The number of hydrogen-bond acceptors (Lipinski definition) is 6. The molecule has 2 aliphatic heterocycles. The van der Waals surface area contributed by atoms with E-state index in [-0.39, 0.29) is 11.4 Å². The van der Waals surface area contributed by atoms with Gasteiger partial charge in [-0.05, 0) is 92.4 Å². The van der Waals surface area contributed by atoms with E-state index in [1.165, 1.54) is 42.8 Å². The van der Waals surface area contributed by atoms with E-state index in [0.29, 0.717) is 22.9 Å². The molecule has 3 aromatic rings. The Balaban J connectivity index is 1.38. The van der Waals surface area contributed by atoms with Crippen LogP contribution in [-0.4, -0.2) is 47.2 Å². The van der Waals surface area contributed by atoms with E-state index in [1.54, 1.807) is 24.3 Å². The lowest BCUT2D eigenvalue weighted by atomic mass is 10.1. The Kier molecular flexibility index (Phi) is 6.97. The zero-order chi connectivity index (χ0) is 26.0. The minimum absolute atomic E-state index is 0.107. The highest BCUT2D eigenvalue weighted by Crippen LogP contribution is 2.38. The quantitative estimate of drug-likeness (QED) is 0.511. The van der Waals surface area contributed by atoms with Crippen molar-refractivity contribution in [2.24, 2.45) is 0 Å². The smallest absolute Gasteiger partial charge is 0.267 e. The number of piperidine rings is 1. The van der Waals surface area contributed by atoms with E-state index in [0.717, 1.165) is 24.3 Å². The van der Waals surface area contributed by atoms with E-state index in [4.69, 9.17) is 9.47 Å². The van der Waals surface area contributed by atoms with Crippen molar-refractivity contribution in [1.29, 1.82) is 0 Å². The van der Waals surface area contributed by atoms with Gasteiger partial charge in [0.1, 0.15) is 11.5 Å². The molecule has 1 atom stereocenters. The number of aryl methyl sites for hydroxylation is 1. The zero-order valence-corrected chi connectivity index (χ0v) is 21.8. The molecular formula is C28H31N3O5S. The van der Waals surface area contributed by atoms with Crippen molar-refractivity contribution in [3.8, 4) is 11.5 Å². The monoisotopic (exact) mass is 521 g/mol. The molecule has 0 unspecified atom stereocenters. The Bertz CT molecular complexity index is 1370. The summed E-state index contributed by atoms with van der Waals surface area (Å²) < 4.78 is 39.7. The molecule has 194 valence electrons. The average Bonchev–Trinajstić information content (AvgIpc) is 2.93. The molecule has 0 spiro atoms. The van der Waals surface area contributed by atoms with Crippen LogP contribution < -0.4 is 24.0 Å². The van der Waals surface area contributed by atoms with Crippen LogP contribution in [0, 0.1) is 6.92 Å². The van der Waals surface area contributed by atoms with Gasteiger partial charge in [0.15, 0.2) is 6.10 Å². The molecule has 0 aliphatic carbocycles. The van der Waals surface area contributed by atoms with Gasteiger partial charge in [-0.3, -0.25) is 9.10 Å². The van der Waals surface area contributed by atoms with E-state index in [1.807, 2.05) is 37.3 Å². The highest BCUT2D eigenvalue weighted by atomic mass is 32.2. The molecule has 5 rings (SSSR count). The first-order valence-corrected chi connectivity index (χ1v) is 13.9.